The Bertz CT molecular complexity index is 499. The molecule has 1 N–H and O–H groups in total. The van der Waals surface area contributed by atoms with Crippen LogP contribution in [0.1, 0.15) is 21.7 Å². The van der Waals surface area contributed by atoms with Gasteiger partial charge in [0.2, 0.25) is 0 Å². The number of amides is 1. The van der Waals surface area contributed by atoms with Crippen LogP contribution < -0.4 is 5.32 Å². The number of nitrogens with one attached hydrogen (secondary N) is 1. The third-order valence-electron chi connectivity index (χ3n) is 2.52. The Morgan fingerprint density at radius 3 is 2.94 bits per heavy atom. The summed E-state index contributed by atoms with van der Waals surface area (Å²) in [5, 5.41) is 6.91. The van der Waals surface area contributed by atoms with Crippen LogP contribution in [0.4, 0.5) is 0 Å². The second kappa shape index (κ2) is 4.78. The van der Waals surface area contributed by atoms with Crippen molar-refractivity contribution in [3.63, 3.8) is 0 Å². The van der Waals surface area contributed by atoms with Crippen molar-refractivity contribution >= 4 is 5.91 Å². The third kappa shape index (κ3) is 2.69. The summed E-state index contributed by atoms with van der Waals surface area (Å²) in [6.07, 6.45) is 3.43. The van der Waals surface area contributed by atoms with Crippen molar-refractivity contribution < 1.29 is 4.79 Å². The summed E-state index contributed by atoms with van der Waals surface area (Å²) in [6, 6.07) is 5.52. The lowest BCUT2D eigenvalue weighted by molar-refractivity contribution is 0.0945. The summed E-state index contributed by atoms with van der Waals surface area (Å²) in [4.78, 5) is 15.8. The zero-order chi connectivity index (χ0) is 12.3. The zero-order valence-electron chi connectivity index (χ0n) is 9.84. The van der Waals surface area contributed by atoms with Crippen molar-refractivity contribution in [1.82, 2.24) is 20.1 Å². The van der Waals surface area contributed by atoms with Crippen LogP contribution in [0.15, 0.2) is 30.6 Å². The number of pyridine rings is 1. The van der Waals surface area contributed by atoms with Crippen LogP contribution in [0.3, 0.4) is 0 Å². The van der Waals surface area contributed by atoms with Gasteiger partial charge in [-0.15, -0.1) is 0 Å². The molecule has 2 heterocycles. The Morgan fingerprint density at radius 2 is 2.35 bits per heavy atom. The molecule has 2 aromatic heterocycles. The highest BCUT2D eigenvalue weighted by Gasteiger charge is 2.10. The summed E-state index contributed by atoms with van der Waals surface area (Å²) in [6.45, 7) is 2.37. The van der Waals surface area contributed by atoms with E-state index in [4.69, 9.17) is 0 Å². The number of aryl methyl sites for hydroxylation is 2. The highest BCUT2D eigenvalue weighted by molar-refractivity contribution is 5.92. The van der Waals surface area contributed by atoms with Crippen molar-refractivity contribution in [2.45, 2.75) is 13.5 Å². The zero-order valence-corrected chi connectivity index (χ0v) is 9.84. The molecule has 5 heteroatoms. The minimum absolute atomic E-state index is 0.169. The molecule has 5 nitrogen and oxygen atoms in total. The highest BCUT2D eigenvalue weighted by atomic mass is 16.1. The molecule has 0 saturated carbocycles. The second-order valence-electron chi connectivity index (χ2n) is 3.84. The smallest absolute Gasteiger partial charge is 0.272 e. The average molecular weight is 230 g/mol. The standard InChI is InChI=1S/C12H14N4O/c1-9-6-11(15-16(9)2)12(17)14-8-10-4-3-5-13-7-10/h3-7H,8H2,1-2H3,(H,14,17). The van der Waals surface area contributed by atoms with E-state index in [0.717, 1.165) is 11.3 Å². The number of hydrogen-bond donors (Lipinski definition) is 1. The number of carbonyl (C=O) groups is 1. The van der Waals surface area contributed by atoms with Crippen molar-refractivity contribution in [2.24, 2.45) is 7.05 Å². The predicted molar refractivity (Wildman–Crippen MR) is 63.4 cm³/mol. The van der Waals surface area contributed by atoms with Gasteiger partial charge >= 0.3 is 0 Å². The van der Waals surface area contributed by atoms with Crippen LogP contribution in [0.25, 0.3) is 0 Å². The maximum Gasteiger partial charge on any atom is 0.272 e. The first-order chi connectivity index (χ1) is 8.16. The lowest BCUT2D eigenvalue weighted by atomic mass is 10.3. The lowest BCUT2D eigenvalue weighted by Crippen LogP contribution is -2.23. The van der Waals surface area contributed by atoms with Gasteiger partial charge in [-0.3, -0.25) is 14.5 Å². The van der Waals surface area contributed by atoms with Gasteiger partial charge in [0.15, 0.2) is 0 Å². The summed E-state index contributed by atoms with van der Waals surface area (Å²) >= 11 is 0. The molecule has 0 aliphatic heterocycles. The van der Waals surface area contributed by atoms with Gasteiger partial charge in [0.25, 0.3) is 5.91 Å². The number of rotatable bonds is 3. The molecule has 0 aromatic carbocycles. The van der Waals surface area contributed by atoms with E-state index in [1.54, 1.807) is 23.1 Å². The Morgan fingerprint density at radius 1 is 1.53 bits per heavy atom. The molecule has 0 aliphatic rings. The molecule has 1 amide bonds. The lowest BCUT2D eigenvalue weighted by Gasteiger charge is -2.02. The van der Waals surface area contributed by atoms with Gasteiger partial charge in [0, 0.05) is 31.7 Å². The maximum absolute atomic E-state index is 11.8. The number of nitrogens with zero attached hydrogens (tertiary/aromatic N) is 3. The van der Waals surface area contributed by atoms with E-state index < -0.39 is 0 Å². The Balaban J connectivity index is 1.98. The van der Waals surface area contributed by atoms with E-state index in [9.17, 15) is 4.79 Å². The Labute approximate surface area is 99.5 Å². The Kier molecular flexibility index (Phi) is 3.18. The van der Waals surface area contributed by atoms with Crippen molar-refractivity contribution in [3.05, 3.63) is 47.5 Å². The van der Waals surface area contributed by atoms with Crippen LogP contribution in [0.5, 0.6) is 0 Å². The first kappa shape index (κ1) is 11.3. The van der Waals surface area contributed by atoms with Gasteiger partial charge < -0.3 is 5.32 Å². The fraction of sp³-hybridized carbons (Fsp3) is 0.250. The topological polar surface area (TPSA) is 59.8 Å². The molecule has 0 saturated heterocycles. The molecule has 0 spiro atoms. The molecule has 17 heavy (non-hydrogen) atoms. The highest BCUT2D eigenvalue weighted by Crippen LogP contribution is 2.02. The van der Waals surface area contributed by atoms with E-state index >= 15 is 0 Å². The molecular formula is C12H14N4O. The van der Waals surface area contributed by atoms with Crippen molar-refractivity contribution in [3.8, 4) is 0 Å². The van der Waals surface area contributed by atoms with E-state index in [0.29, 0.717) is 12.2 Å². The van der Waals surface area contributed by atoms with Gasteiger partial charge in [-0.05, 0) is 24.6 Å². The monoisotopic (exact) mass is 230 g/mol. The van der Waals surface area contributed by atoms with Crippen LogP contribution in [0.2, 0.25) is 0 Å². The van der Waals surface area contributed by atoms with Gasteiger partial charge in [0.05, 0.1) is 0 Å². The summed E-state index contributed by atoms with van der Waals surface area (Å²) in [5.74, 6) is -0.169. The fourth-order valence-corrected chi connectivity index (χ4v) is 1.45. The molecule has 2 rings (SSSR count). The molecule has 88 valence electrons. The van der Waals surface area contributed by atoms with Gasteiger partial charge in [-0.1, -0.05) is 6.07 Å². The maximum atomic E-state index is 11.8. The normalized spacial score (nSPS) is 10.2. The third-order valence-corrected chi connectivity index (χ3v) is 2.52. The summed E-state index contributed by atoms with van der Waals surface area (Å²) < 4.78 is 1.68. The minimum atomic E-state index is -0.169. The van der Waals surface area contributed by atoms with E-state index in [-0.39, 0.29) is 5.91 Å². The minimum Gasteiger partial charge on any atom is -0.347 e. The number of hydrogen-bond acceptors (Lipinski definition) is 3. The summed E-state index contributed by atoms with van der Waals surface area (Å²) in [7, 11) is 1.81. The van der Waals surface area contributed by atoms with Crippen LogP contribution >= 0.6 is 0 Å². The van der Waals surface area contributed by atoms with Crippen LogP contribution in [-0.2, 0) is 13.6 Å². The summed E-state index contributed by atoms with van der Waals surface area (Å²) in [5.41, 5.74) is 2.36. The van der Waals surface area contributed by atoms with E-state index in [1.165, 1.54) is 0 Å². The quantitative estimate of drug-likeness (QED) is 0.857. The Hall–Kier alpha value is -2.17. The molecule has 0 atom stereocenters. The molecule has 0 fully saturated rings. The molecule has 0 radical (unpaired) electrons. The van der Waals surface area contributed by atoms with Crippen LogP contribution in [0, 0.1) is 6.92 Å². The fourth-order valence-electron chi connectivity index (χ4n) is 1.45. The predicted octanol–water partition coefficient (Wildman–Crippen LogP) is 1.05. The molecular weight excluding hydrogens is 216 g/mol. The van der Waals surface area contributed by atoms with Gasteiger partial charge in [-0.2, -0.15) is 5.10 Å². The number of carbonyl (C=O) groups excluding carboxylic acids is 1. The second-order valence-corrected chi connectivity index (χ2v) is 3.84. The molecule has 0 aliphatic carbocycles. The molecule has 0 unspecified atom stereocenters. The SMILES string of the molecule is Cc1cc(C(=O)NCc2cccnc2)nn1C. The van der Waals surface area contributed by atoms with Crippen molar-refractivity contribution in [1.29, 1.82) is 0 Å². The van der Waals surface area contributed by atoms with Crippen LogP contribution in [-0.4, -0.2) is 20.7 Å². The van der Waals surface area contributed by atoms with Gasteiger partial charge in [0.1, 0.15) is 5.69 Å². The molecule has 2 aromatic rings. The van der Waals surface area contributed by atoms with E-state index in [2.05, 4.69) is 15.4 Å². The first-order valence-corrected chi connectivity index (χ1v) is 5.34. The van der Waals surface area contributed by atoms with E-state index in [1.807, 2.05) is 26.1 Å². The molecule has 0 bridgehead atoms. The average Bonchev–Trinajstić information content (AvgIpc) is 2.68. The largest absolute Gasteiger partial charge is 0.347 e. The first-order valence-electron chi connectivity index (χ1n) is 5.34. The van der Waals surface area contributed by atoms with Gasteiger partial charge in [-0.25, -0.2) is 0 Å². The van der Waals surface area contributed by atoms with Crippen molar-refractivity contribution in [2.75, 3.05) is 0 Å². The number of aromatic nitrogens is 3.